The Kier molecular flexibility index (Phi) is 4.95. The number of carbonyl (C=O) groups excluding carboxylic acids is 2. The van der Waals surface area contributed by atoms with Crippen molar-refractivity contribution < 1.29 is 24.0 Å². The molecule has 114 valence electrons. The molecule has 1 unspecified atom stereocenters. The molecule has 1 fully saturated rings. The van der Waals surface area contributed by atoms with Crippen molar-refractivity contribution >= 4 is 45.1 Å². The van der Waals surface area contributed by atoms with Crippen molar-refractivity contribution in [3.63, 3.8) is 0 Å². The van der Waals surface area contributed by atoms with Crippen LogP contribution >= 0.6 is 27.3 Å². The molecule has 7 heteroatoms. The van der Waals surface area contributed by atoms with E-state index in [9.17, 15) is 19.5 Å². The molecule has 1 aromatic heterocycles. The van der Waals surface area contributed by atoms with Crippen molar-refractivity contribution in [2.45, 2.75) is 38.6 Å². The molecule has 2 atom stereocenters. The van der Waals surface area contributed by atoms with Gasteiger partial charge in [-0.3, -0.25) is 4.79 Å². The van der Waals surface area contributed by atoms with Crippen LogP contribution in [0.25, 0.3) is 0 Å². The molecule has 5 nitrogen and oxygen atoms in total. The van der Waals surface area contributed by atoms with Gasteiger partial charge in [-0.15, -0.1) is 11.3 Å². The quantitative estimate of drug-likeness (QED) is 0.644. The van der Waals surface area contributed by atoms with Gasteiger partial charge >= 0.3 is 12.0 Å². The van der Waals surface area contributed by atoms with Crippen LogP contribution in [-0.2, 0) is 4.79 Å². The molecule has 1 aromatic rings. The minimum absolute atomic E-state index is 0.0228. The van der Waals surface area contributed by atoms with Gasteiger partial charge in [-0.2, -0.15) is 9.28 Å². The Morgan fingerprint density at radius 1 is 1.38 bits per heavy atom. The Balaban J connectivity index is 2.04. The summed E-state index contributed by atoms with van der Waals surface area (Å²) in [6, 6.07) is 3.27. The van der Waals surface area contributed by atoms with E-state index in [4.69, 9.17) is 0 Å². The van der Waals surface area contributed by atoms with Gasteiger partial charge in [0.1, 0.15) is 6.04 Å². The Bertz CT molecular complexity index is 585. The third-order valence-corrected chi connectivity index (χ3v) is 5.75. The fourth-order valence-electron chi connectivity index (χ4n) is 2.85. The molecule has 1 N–H and O–H groups in total. The molecule has 0 radical (unpaired) electrons. The van der Waals surface area contributed by atoms with Gasteiger partial charge in [-0.1, -0.05) is 0 Å². The van der Waals surface area contributed by atoms with Crippen LogP contribution in [0.15, 0.2) is 15.9 Å². The summed E-state index contributed by atoms with van der Waals surface area (Å²) >= 11 is 4.61. The standard InChI is InChI=1S/C14H16BrNO4S/c1-9-3-2-8-16(9,14(19)20)13(18)7-4-10(17)11-5-6-12(15)21-11/h5-6,9H,2-4,7-8H2,1H3/p+1/t9-,16?/m1/s1. The number of thiophene rings is 1. The SMILES string of the molecule is C[C@@H]1CCC[N+]1(C(=O)O)C(=O)CCC(=O)c1ccc(Br)s1. The number of halogens is 1. The van der Waals surface area contributed by atoms with Gasteiger partial charge in [0.2, 0.25) is 0 Å². The topological polar surface area (TPSA) is 71.4 Å². The van der Waals surface area contributed by atoms with E-state index in [1.54, 1.807) is 19.1 Å². The second-order valence-electron chi connectivity index (χ2n) is 5.29. The van der Waals surface area contributed by atoms with Crippen LogP contribution < -0.4 is 0 Å². The normalized spacial score (nSPS) is 25.0. The van der Waals surface area contributed by atoms with E-state index in [1.807, 2.05) is 0 Å². The van der Waals surface area contributed by atoms with E-state index >= 15 is 0 Å². The van der Waals surface area contributed by atoms with E-state index in [0.717, 1.165) is 16.6 Å². The zero-order chi connectivity index (χ0) is 15.6. The molecule has 21 heavy (non-hydrogen) atoms. The molecule has 1 aliphatic heterocycles. The molecule has 2 rings (SSSR count). The minimum atomic E-state index is -1.10. The number of imide groups is 1. The van der Waals surface area contributed by atoms with Gasteiger partial charge in [0.25, 0.3) is 0 Å². The summed E-state index contributed by atoms with van der Waals surface area (Å²) in [7, 11) is 0. The Labute approximate surface area is 135 Å². The fraction of sp³-hybridized carbons (Fsp3) is 0.500. The van der Waals surface area contributed by atoms with Crippen LogP contribution in [0.1, 0.15) is 42.3 Å². The Morgan fingerprint density at radius 3 is 2.57 bits per heavy atom. The highest BCUT2D eigenvalue weighted by Gasteiger charge is 2.52. The maximum atomic E-state index is 12.4. The molecule has 0 aromatic carbocycles. The first kappa shape index (κ1) is 16.3. The third kappa shape index (κ3) is 3.09. The molecule has 2 heterocycles. The average Bonchev–Trinajstić information content (AvgIpc) is 3.02. The number of rotatable bonds is 4. The number of amides is 2. The average molecular weight is 375 g/mol. The molecule has 2 amide bonds. The van der Waals surface area contributed by atoms with Crippen molar-refractivity contribution in [3.8, 4) is 0 Å². The summed E-state index contributed by atoms with van der Waals surface area (Å²) in [6.45, 7) is 2.12. The van der Waals surface area contributed by atoms with Gasteiger partial charge in [-0.25, -0.2) is 4.79 Å². The van der Waals surface area contributed by atoms with E-state index in [0.29, 0.717) is 11.4 Å². The van der Waals surface area contributed by atoms with E-state index < -0.39 is 10.6 Å². The van der Waals surface area contributed by atoms with Gasteiger partial charge in [0.05, 0.1) is 21.6 Å². The third-order valence-electron chi connectivity index (χ3n) is 4.09. The van der Waals surface area contributed by atoms with Gasteiger partial charge in [-0.05, 0) is 35.0 Å². The van der Waals surface area contributed by atoms with Crippen molar-refractivity contribution in [2.24, 2.45) is 0 Å². The Morgan fingerprint density at radius 2 is 2.10 bits per heavy atom. The van der Waals surface area contributed by atoms with E-state index in [-0.39, 0.29) is 30.6 Å². The van der Waals surface area contributed by atoms with Crippen molar-refractivity contribution in [3.05, 3.63) is 20.8 Å². The van der Waals surface area contributed by atoms with Gasteiger partial charge in [0.15, 0.2) is 5.78 Å². The summed E-state index contributed by atoms with van der Waals surface area (Å²) in [4.78, 5) is 36.6. The lowest BCUT2D eigenvalue weighted by molar-refractivity contribution is -0.792. The monoisotopic (exact) mass is 374 g/mol. The molecular weight excluding hydrogens is 358 g/mol. The zero-order valence-electron chi connectivity index (χ0n) is 11.7. The number of ketones is 1. The number of nitrogens with zero attached hydrogens (tertiary/aromatic N) is 1. The molecular formula is C14H17BrNO4S+. The van der Waals surface area contributed by atoms with Gasteiger partial charge < -0.3 is 5.11 Å². The predicted octanol–water partition coefficient (Wildman–Crippen LogP) is 3.68. The summed E-state index contributed by atoms with van der Waals surface area (Å²) in [5.41, 5.74) is 0. The zero-order valence-corrected chi connectivity index (χ0v) is 14.1. The van der Waals surface area contributed by atoms with Crippen LogP contribution in [0.4, 0.5) is 4.79 Å². The number of Topliss-reactive ketones (excluding diaryl/α,β-unsaturated/α-hetero) is 1. The number of likely N-dealkylation sites (tertiary alicyclic amines) is 1. The van der Waals surface area contributed by atoms with Crippen molar-refractivity contribution in [1.82, 2.24) is 0 Å². The van der Waals surface area contributed by atoms with Gasteiger partial charge in [0, 0.05) is 19.3 Å². The smallest absolute Gasteiger partial charge is 0.435 e. The second-order valence-corrected chi connectivity index (χ2v) is 7.75. The van der Waals surface area contributed by atoms with E-state index in [2.05, 4.69) is 15.9 Å². The predicted molar refractivity (Wildman–Crippen MR) is 82.4 cm³/mol. The first-order valence-corrected chi connectivity index (χ1v) is 8.42. The van der Waals surface area contributed by atoms with Crippen LogP contribution in [0.3, 0.4) is 0 Å². The molecule has 0 bridgehead atoms. The highest BCUT2D eigenvalue weighted by Crippen LogP contribution is 2.30. The summed E-state index contributed by atoms with van der Waals surface area (Å²) in [6.07, 6.45) is 0.391. The largest absolute Gasteiger partial charge is 0.521 e. The lowest BCUT2D eigenvalue weighted by Gasteiger charge is -2.29. The van der Waals surface area contributed by atoms with Crippen LogP contribution in [0, 0.1) is 0 Å². The van der Waals surface area contributed by atoms with Crippen LogP contribution in [0.5, 0.6) is 0 Å². The molecule has 1 saturated heterocycles. The maximum Gasteiger partial charge on any atom is 0.521 e. The molecule has 1 aliphatic rings. The van der Waals surface area contributed by atoms with Crippen LogP contribution in [-0.4, -0.2) is 40.0 Å². The number of carbonyl (C=O) groups is 3. The second kappa shape index (κ2) is 6.37. The molecule has 0 saturated carbocycles. The lowest BCUT2D eigenvalue weighted by Crippen LogP contribution is -2.58. The van der Waals surface area contributed by atoms with Crippen molar-refractivity contribution in [1.29, 1.82) is 0 Å². The fourth-order valence-corrected chi connectivity index (χ4v) is 4.20. The highest BCUT2D eigenvalue weighted by atomic mass is 79.9. The Hall–Kier alpha value is -1.05. The highest BCUT2D eigenvalue weighted by molar-refractivity contribution is 9.11. The number of hydrogen-bond acceptors (Lipinski definition) is 4. The first-order chi connectivity index (χ1) is 9.87. The number of quaternary nitrogens is 1. The number of carboxylic acid groups (broad SMARTS) is 1. The summed E-state index contributed by atoms with van der Waals surface area (Å²) in [5, 5.41) is 9.45. The number of hydrogen-bond donors (Lipinski definition) is 1. The lowest BCUT2D eigenvalue weighted by atomic mass is 10.1. The first-order valence-electron chi connectivity index (χ1n) is 6.81. The molecule has 0 spiro atoms. The minimum Gasteiger partial charge on any atom is -0.435 e. The summed E-state index contributed by atoms with van der Waals surface area (Å²) in [5.74, 6) is -0.481. The maximum absolute atomic E-state index is 12.4. The summed E-state index contributed by atoms with van der Waals surface area (Å²) < 4.78 is 0.334. The van der Waals surface area contributed by atoms with E-state index in [1.165, 1.54) is 11.3 Å². The van der Waals surface area contributed by atoms with Crippen molar-refractivity contribution in [2.75, 3.05) is 6.54 Å². The molecule has 0 aliphatic carbocycles. The van der Waals surface area contributed by atoms with Crippen LogP contribution in [0.2, 0.25) is 0 Å².